The minimum atomic E-state index is -0.665. The van der Waals surface area contributed by atoms with Crippen LogP contribution in [0.3, 0.4) is 0 Å². The number of hydrogen-bond donors (Lipinski definition) is 1. The van der Waals surface area contributed by atoms with Crippen LogP contribution >= 0.6 is 23.2 Å². The second-order valence-electron chi connectivity index (χ2n) is 7.32. The lowest BCUT2D eigenvalue weighted by atomic mass is 10.1. The lowest BCUT2D eigenvalue weighted by Gasteiger charge is -2.30. The molecule has 2 aromatic rings. The Morgan fingerprint density at radius 1 is 0.970 bits per heavy atom. The van der Waals surface area contributed by atoms with Gasteiger partial charge < -0.3 is 24.4 Å². The number of benzene rings is 2. The van der Waals surface area contributed by atoms with Crippen LogP contribution in [0.25, 0.3) is 0 Å². The first-order valence-corrected chi connectivity index (χ1v) is 11.4. The van der Waals surface area contributed by atoms with E-state index in [-0.39, 0.29) is 25.0 Å². The van der Waals surface area contributed by atoms with Crippen LogP contribution in [0.15, 0.2) is 36.4 Å². The SMILES string of the molecule is CCCNC(=O)[C@@H](CC)N(Cc1ccc(Cl)c(Cl)c1)C(=O)COc1cc(OC)cc(OC)c1. The number of hydrogen-bond acceptors (Lipinski definition) is 5. The van der Waals surface area contributed by atoms with Crippen LogP contribution in [-0.2, 0) is 16.1 Å². The fraction of sp³-hybridized carbons (Fsp3) is 0.417. The number of nitrogens with zero attached hydrogens (tertiary/aromatic N) is 1. The number of ether oxygens (including phenoxy) is 3. The predicted octanol–water partition coefficient (Wildman–Crippen LogP) is 4.72. The molecule has 0 fully saturated rings. The van der Waals surface area contributed by atoms with E-state index in [1.165, 1.54) is 19.1 Å². The average Bonchev–Trinajstić information content (AvgIpc) is 2.82. The summed E-state index contributed by atoms with van der Waals surface area (Å²) in [5, 5.41) is 3.67. The highest BCUT2D eigenvalue weighted by Crippen LogP contribution is 2.28. The number of amides is 2. The van der Waals surface area contributed by atoms with Gasteiger partial charge in [0.05, 0.1) is 24.3 Å². The van der Waals surface area contributed by atoms with Gasteiger partial charge in [-0.05, 0) is 30.5 Å². The third-order valence-corrected chi connectivity index (χ3v) is 5.70. The van der Waals surface area contributed by atoms with Crippen LogP contribution in [-0.4, -0.2) is 50.1 Å². The molecule has 2 amide bonds. The molecule has 0 aliphatic carbocycles. The third-order valence-electron chi connectivity index (χ3n) is 4.96. The van der Waals surface area contributed by atoms with Gasteiger partial charge in [0.15, 0.2) is 6.61 Å². The summed E-state index contributed by atoms with van der Waals surface area (Å²) >= 11 is 12.2. The number of methoxy groups -OCH3 is 2. The molecule has 180 valence electrons. The van der Waals surface area contributed by atoms with Crippen molar-refractivity contribution in [1.82, 2.24) is 10.2 Å². The van der Waals surface area contributed by atoms with Crippen LogP contribution in [0.5, 0.6) is 17.2 Å². The maximum absolute atomic E-state index is 13.3. The van der Waals surface area contributed by atoms with E-state index in [1.54, 1.807) is 36.4 Å². The minimum absolute atomic E-state index is 0.179. The van der Waals surface area contributed by atoms with Crippen molar-refractivity contribution in [1.29, 1.82) is 0 Å². The summed E-state index contributed by atoms with van der Waals surface area (Å²) in [5.41, 5.74) is 0.752. The van der Waals surface area contributed by atoms with E-state index in [0.29, 0.717) is 40.3 Å². The van der Waals surface area contributed by atoms with Crippen molar-refractivity contribution >= 4 is 35.0 Å². The second kappa shape index (κ2) is 13.2. The zero-order valence-corrected chi connectivity index (χ0v) is 20.8. The smallest absolute Gasteiger partial charge is 0.261 e. The number of carbonyl (C=O) groups is 2. The molecule has 33 heavy (non-hydrogen) atoms. The van der Waals surface area contributed by atoms with Crippen molar-refractivity contribution < 1.29 is 23.8 Å². The quantitative estimate of drug-likeness (QED) is 0.459. The lowest BCUT2D eigenvalue weighted by molar-refractivity contribution is -0.143. The van der Waals surface area contributed by atoms with Crippen LogP contribution in [0.1, 0.15) is 32.3 Å². The monoisotopic (exact) mass is 496 g/mol. The molecule has 7 nitrogen and oxygen atoms in total. The largest absolute Gasteiger partial charge is 0.496 e. The Labute approximate surface area is 204 Å². The standard InChI is InChI=1S/C24H30Cl2N2O5/c1-5-9-27-24(30)22(6-2)28(14-16-7-8-20(25)21(26)10-16)23(29)15-33-19-12-17(31-3)11-18(13-19)32-4/h7-8,10-13,22H,5-6,9,14-15H2,1-4H3,(H,27,30)/t22-/m1/s1. The van der Waals surface area contributed by atoms with Gasteiger partial charge in [0.1, 0.15) is 23.3 Å². The van der Waals surface area contributed by atoms with Crippen molar-refractivity contribution in [2.24, 2.45) is 0 Å². The summed E-state index contributed by atoms with van der Waals surface area (Å²) in [6.07, 6.45) is 1.24. The molecule has 0 heterocycles. The van der Waals surface area contributed by atoms with Crippen LogP contribution in [0.4, 0.5) is 0 Å². The van der Waals surface area contributed by atoms with E-state index in [9.17, 15) is 9.59 Å². The molecule has 9 heteroatoms. The third kappa shape index (κ3) is 7.72. The van der Waals surface area contributed by atoms with Crippen molar-refractivity contribution in [2.45, 2.75) is 39.3 Å². The van der Waals surface area contributed by atoms with Gasteiger partial charge in [-0.2, -0.15) is 0 Å². The molecule has 0 radical (unpaired) electrons. The summed E-state index contributed by atoms with van der Waals surface area (Å²) in [5.74, 6) is 0.930. The van der Waals surface area contributed by atoms with Crippen molar-refractivity contribution in [3.8, 4) is 17.2 Å². The maximum atomic E-state index is 13.3. The maximum Gasteiger partial charge on any atom is 0.261 e. The number of carbonyl (C=O) groups excluding carboxylic acids is 2. The molecule has 2 rings (SSSR count). The van der Waals surface area contributed by atoms with Crippen molar-refractivity contribution in [3.05, 3.63) is 52.0 Å². The Hall–Kier alpha value is -2.64. The minimum Gasteiger partial charge on any atom is -0.496 e. The Bertz CT molecular complexity index is 932. The summed E-state index contributed by atoms with van der Waals surface area (Å²) in [6.45, 7) is 4.27. The molecule has 0 bridgehead atoms. The fourth-order valence-electron chi connectivity index (χ4n) is 3.21. The van der Waals surface area contributed by atoms with E-state index in [4.69, 9.17) is 37.4 Å². The van der Waals surface area contributed by atoms with Gasteiger partial charge in [-0.25, -0.2) is 0 Å². The van der Waals surface area contributed by atoms with Gasteiger partial charge in [0.25, 0.3) is 5.91 Å². The van der Waals surface area contributed by atoms with E-state index in [2.05, 4.69) is 5.32 Å². The number of rotatable bonds is 12. The van der Waals surface area contributed by atoms with E-state index >= 15 is 0 Å². The first-order chi connectivity index (χ1) is 15.8. The van der Waals surface area contributed by atoms with E-state index in [1.807, 2.05) is 13.8 Å². The van der Waals surface area contributed by atoms with Gasteiger partial charge in [-0.1, -0.05) is 43.1 Å². The second-order valence-corrected chi connectivity index (χ2v) is 8.14. The highest BCUT2D eigenvalue weighted by atomic mass is 35.5. The molecule has 0 aromatic heterocycles. The Balaban J connectivity index is 2.26. The van der Waals surface area contributed by atoms with Crippen molar-refractivity contribution in [2.75, 3.05) is 27.4 Å². The Kier molecular flexibility index (Phi) is 10.6. The van der Waals surface area contributed by atoms with Crippen molar-refractivity contribution in [3.63, 3.8) is 0 Å². The van der Waals surface area contributed by atoms with Crippen LogP contribution < -0.4 is 19.5 Å². The van der Waals surface area contributed by atoms with Crippen LogP contribution in [0, 0.1) is 0 Å². The molecular weight excluding hydrogens is 467 g/mol. The fourth-order valence-corrected chi connectivity index (χ4v) is 3.53. The first kappa shape index (κ1) is 26.6. The summed E-state index contributed by atoms with van der Waals surface area (Å²) < 4.78 is 16.2. The molecule has 2 aromatic carbocycles. The molecule has 0 saturated heterocycles. The van der Waals surface area contributed by atoms with Crippen LogP contribution in [0.2, 0.25) is 10.0 Å². The molecule has 0 unspecified atom stereocenters. The van der Waals surface area contributed by atoms with Gasteiger partial charge in [-0.15, -0.1) is 0 Å². The zero-order valence-electron chi connectivity index (χ0n) is 19.3. The van der Waals surface area contributed by atoms with Gasteiger partial charge in [0.2, 0.25) is 5.91 Å². The Morgan fingerprint density at radius 2 is 1.61 bits per heavy atom. The lowest BCUT2D eigenvalue weighted by Crippen LogP contribution is -2.50. The molecule has 0 saturated carbocycles. The van der Waals surface area contributed by atoms with Gasteiger partial charge in [-0.3, -0.25) is 9.59 Å². The summed E-state index contributed by atoms with van der Waals surface area (Å²) in [7, 11) is 3.06. The number of nitrogens with one attached hydrogen (secondary N) is 1. The average molecular weight is 497 g/mol. The highest BCUT2D eigenvalue weighted by molar-refractivity contribution is 6.42. The molecular formula is C24H30Cl2N2O5. The zero-order chi connectivity index (χ0) is 24.4. The summed E-state index contributed by atoms with van der Waals surface area (Å²) in [4.78, 5) is 27.6. The summed E-state index contributed by atoms with van der Waals surface area (Å²) in [6, 6.07) is 9.49. The van der Waals surface area contributed by atoms with Gasteiger partial charge in [0, 0.05) is 31.3 Å². The van der Waals surface area contributed by atoms with E-state index < -0.39 is 6.04 Å². The topological polar surface area (TPSA) is 77.1 Å². The normalized spacial score (nSPS) is 11.5. The molecule has 0 aliphatic rings. The first-order valence-electron chi connectivity index (χ1n) is 10.7. The molecule has 0 aliphatic heterocycles. The molecule has 0 spiro atoms. The Morgan fingerprint density at radius 3 is 2.15 bits per heavy atom. The highest BCUT2D eigenvalue weighted by Gasteiger charge is 2.29. The molecule has 1 atom stereocenters. The number of halogens is 2. The molecule has 1 N–H and O–H groups in total. The van der Waals surface area contributed by atoms with E-state index in [0.717, 1.165) is 12.0 Å². The predicted molar refractivity (Wildman–Crippen MR) is 129 cm³/mol. The van der Waals surface area contributed by atoms with Gasteiger partial charge >= 0.3 is 0 Å².